The third-order valence-corrected chi connectivity index (χ3v) is 14.4. The summed E-state index contributed by atoms with van der Waals surface area (Å²) >= 11 is 0. The van der Waals surface area contributed by atoms with Crippen molar-refractivity contribution in [2.45, 2.75) is 128 Å². The summed E-state index contributed by atoms with van der Waals surface area (Å²) in [6.45, 7) is 9.77. The van der Waals surface area contributed by atoms with Gasteiger partial charge in [-0.15, -0.1) is 0 Å². The Bertz CT molecular complexity index is 1330. The molecule has 5 aliphatic rings. The molecule has 0 aromatic carbocycles. The minimum Gasteiger partial charge on any atom is -0.393 e. The zero-order chi connectivity index (χ0) is 36.3. The first-order valence-electron chi connectivity index (χ1n) is 18.0. The van der Waals surface area contributed by atoms with Crippen molar-refractivity contribution in [2.24, 2.45) is 52.3 Å². The van der Waals surface area contributed by atoms with E-state index in [0.717, 1.165) is 12.8 Å². The van der Waals surface area contributed by atoms with Crippen LogP contribution in [0.5, 0.6) is 0 Å². The third-order valence-electron chi connectivity index (χ3n) is 13.7. The SMILES string of the molecule is C[C@H](/C=C/[C@@H](C)[C@H]1C[C@@H](O)[C@@H]2[C@]1(C)CC[C@@H]1[C@@]3(C)CC[C@H](O[C@@H]4OC[C@@H](O)[C@H](O)[C@H]4O)C[C@@H]3[C@@H](O)C[C@]12O)[C@H](C)C(=O)NCCS(=O)(=O)O. The first-order chi connectivity index (χ1) is 22.7. The number of hydrogen-bond acceptors (Lipinski definition) is 11. The topological polar surface area (TPSA) is 223 Å². The lowest BCUT2D eigenvalue weighted by atomic mass is 9.42. The fourth-order valence-electron chi connectivity index (χ4n) is 10.9. The Labute approximate surface area is 290 Å². The van der Waals surface area contributed by atoms with E-state index >= 15 is 0 Å². The van der Waals surface area contributed by atoms with Gasteiger partial charge < -0.3 is 45.4 Å². The lowest BCUT2D eigenvalue weighted by Crippen LogP contribution is -2.68. The smallest absolute Gasteiger partial charge is 0.266 e. The summed E-state index contributed by atoms with van der Waals surface area (Å²) in [5.74, 6) is -2.10. The van der Waals surface area contributed by atoms with E-state index < -0.39 is 75.5 Å². The van der Waals surface area contributed by atoms with Crippen molar-refractivity contribution in [3.8, 4) is 0 Å². The number of fused-ring (bicyclic) bond motifs is 5. The van der Waals surface area contributed by atoms with Gasteiger partial charge in [-0.25, -0.2) is 0 Å². The maximum atomic E-state index is 12.7. The number of nitrogens with one attached hydrogen (secondary N) is 1. The number of hydrogen-bond donors (Lipinski definition) is 8. The number of allylic oxidation sites excluding steroid dienone is 2. The normalized spacial score (nSPS) is 47.5. The molecule has 1 amide bonds. The van der Waals surface area contributed by atoms with Crippen LogP contribution in [0.3, 0.4) is 0 Å². The molecular weight excluding hydrogens is 658 g/mol. The first kappa shape index (κ1) is 39.0. The fourth-order valence-corrected chi connectivity index (χ4v) is 11.2. The molecule has 4 saturated carbocycles. The first-order valence-corrected chi connectivity index (χ1v) is 19.6. The lowest BCUT2D eigenvalue weighted by Gasteiger charge is -2.66. The van der Waals surface area contributed by atoms with Gasteiger partial charge in [-0.2, -0.15) is 8.42 Å². The zero-order valence-electron chi connectivity index (χ0n) is 29.4. The number of carbonyl (C=O) groups excluding carboxylic acids is 1. The van der Waals surface area contributed by atoms with E-state index in [9.17, 15) is 43.9 Å². The van der Waals surface area contributed by atoms with E-state index in [2.05, 4.69) is 32.2 Å². The summed E-state index contributed by atoms with van der Waals surface area (Å²) in [5, 5.41) is 68.9. The van der Waals surface area contributed by atoms with Crippen molar-refractivity contribution < 1.29 is 57.9 Å². The van der Waals surface area contributed by atoms with Crippen molar-refractivity contribution in [1.29, 1.82) is 0 Å². The molecule has 49 heavy (non-hydrogen) atoms. The number of aliphatic hydroxyl groups excluding tert-OH is 5. The van der Waals surface area contributed by atoms with Crippen LogP contribution in [0.15, 0.2) is 12.2 Å². The summed E-state index contributed by atoms with van der Waals surface area (Å²) < 4.78 is 42.5. The molecule has 8 N–H and O–H groups in total. The zero-order valence-corrected chi connectivity index (χ0v) is 30.2. The summed E-state index contributed by atoms with van der Waals surface area (Å²) in [7, 11) is -4.16. The molecule has 1 heterocycles. The quantitative estimate of drug-likeness (QED) is 0.0901. The van der Waals surface area contributed by atoms with Crippen LogP contribution in [-0.2, 0) is 24.4 Å². The van der Waals surface area contributed by atoms with Crippen molar-refractivity contribution in [1.82, 2.24) is 5.32 Å². The van der Waals surface area contributed by atoms with E-state index in [1.54, 1.807) is 6.92 Å². The highest BCUT2D eigenvalue weighted by Crippen LogP contribution is 2.69. The molecule has 282 valence electrons. The molecule has 17 atom stereocenters. The predicted octanol–water partition coefficient (Wildman–Crippen LogP) is 0.995. The van der Waals surface area contributed by atoms with Crippen LogP contribution in [0.1, 0.15) is 79.6 Å². The summed E-state index contributed by atoms with van der Waals surface area (Å²) in [5.41, 5.74) is -2.07. The van der Waals surface area contributed by atoms with Crippen LogP contribution >= 0.6 is 0 Å². The lowest BCUT2D eigenvalue weighted by molar-refractivity contribution is -0.300. The van der Waals surface area contributed by atoms with Crippen molar-refractivity contribution >= 4 is 16.0 Å². The molecule has 0 radical (unpaired) electrons. The summed E-state index contributed by atoms with van der Waals surface area (Å²) in [4.78, 5) is 12.6. The van der Waals surface area contributed by atoms with Crippen molar-refractivity contribution in [3.63, 3.8) is 0 Å². The Balaban J connectivity index is 1.25. The van der Waals surface area contributed by atoms with Gasteiger partial charge in [0.05, 0.1) is 36.3 Å². The van der Waals surface area contributed by atoms with Gasteiger partial charge in [-0.05, 0) is 78.9 Å². The molecule has 0 unspecified atom stereocenters. The second kappa shape index (κ2) is 14.3. The van der Waals surface area contributed by atoms with Gasteiger partial charge in [-0.1, -0.05) is 46.8 Å². The highest BCUT2D eigenvalue weighted by Gasteiger charge is 2.70. The highest BCUT2D eigenvalue weighted by atomic mass is 32.2. The number of aliphatic hydroxyl groups is 6. The molecule has 13 nitrogen and oxygen atoms in total. The minimum atomic E-state index is -4.16. The van der Waals surface area contributed by atoms with Gasteiger partial charge in [0.1, 0.15) is 18.3 Å². The average Bonchev–Trinajstić information content (AvgIpc) is 3.30. The average molecular weight is 718 g/mol. The highest BCUT2D eigenvalue weighted by molar-refractivity contribution is 7.85. The minimum absolute atomic E-state index is 0.0310. The van der Waals surface area contributed by atoms with E-state index in [4.69, 9.17) is 14.0 Å². The molecule has 0 aromatic rings. The molecule has 14 heteroatoms. The molecular formula is C35H59NO12S. The molecule has 5 fully saturated rings. The standard InChI is InChI=1S/C35H59NO12S/c1-18(20(3)31(42)36-12-13-49(44,45)46)6-7-19(2)22-15-24(37)30-34(22,5)11-9-27-33(4)10-8-21(14-23(33)25(38)16-35(27,30)43)48-32-29(41)28(40)26(39)17-47-32/h6-7,18-30,32,37-41,43H,8-17H2,1-5H3,(H,36,42)(H,44,45,46)/b7-6+/t18-,19-,20+,21+,22-,23-,24-,25+,26-,27-,28+,29-,30-,32+,33+,34-,35+/m1/s1. The monoisotopic (exact) mass is 717 g/mol. The Morgan fingerprint density at radius 2 is 1.63 bits per heavy atom. The Morgan fingerprint density at radius 1 is 0.959 bits per heavy atom. The fraction of sp³-hybridized carbons (Fsp3) is 0.914. The van der Waals surface area contributed by atoms with Crippen LogP contribution in [0.25, 0.3) is 0 Å². The van der Waals surface area contributed by atoms with Gasteiger partial charge in [0, 0.05) is 24.8 Å². The van der Waals surface area contributed by atoms with Crippen LogP contribution in [-0.4, -0.2) is 117 Å². The molecule has 0 aromatic heterocycles. The van der Waals surface area contributed by atoms with Crippen molar-refractivity contribution in [3.05, 3.63) is 12.2 Å². The number of carbonyl (C=O) groups is 1. The molecule has 0 spiro atoms. The molecule has 0 bridgehead atoms. The van der Waals surface area contributed by atoms with E-state index in [1.807, 2.05) is 13.0 Å². The molecule has 4 aliphatic carbocycles. The number of rotatable bonds is 10. The molecule has 1 aliphatic heterocycles. The van der Waals surface area contributed by atoms with Crippen LogP contribution < -0.4 is 5.32 Å². The van der Waals surface area contributed by atoms with Crippen LogP contribution in [0.4, 0.5) is 0 Å². The second-order valence-corrected chi connectivity index (χ2v) is 18.2. The third kappa shape index (κ3) is 7.38. The maximum absolute atomic E-state index is 12.7. The maximum Gasteiger partial charge on any atom is 0.266 e. The van der Waals surface area contributed by atoms with Crippen molar-refractivity contribution in [2.75, 3.05) is 18.9 Å². The van der Waals surface area contributed by atoms with Crippen LogP contribution in [0.2, 0.25) is 0 Å². The summed E-state index contributed by atoms with van der Waals surface area (Å²) in [6, 6.07) is 0. The largest absolute Gasteiger partial charge is 0.393 e. The van der Waals surface area contributed by atoms with Gasteiger partial charge in [-0.3, -0.25) is 9.35 Å². The summed E-state index contributed by atoms with van der Waals surface area (Å²) in [6.07, 6.45) is 1.12. The number of ether oxygens (including phenoxy) is 2. The van der Waals surface area contributed by atoms with E-state index in [0.29, 0.717) is 25.7 Å². The van der Waals surface area contributed by atoms with Crippen LogP contribution in [0, 0.1) is 52.3 Å². The van der Waals surface area contributed by atoms with Gasteiger partial charge >= 0.3 is 0 Å². The van der Waals surface area contributed by atoms with E-state index in [-0.39, 0.29) is 66.6 Å². The van der Waals surface area contributed by atoms with Gasteiger partial charge in [0.25, 0.3) is 10.1 Å². The Kier molecular flexibility index (Phi) is 11.4. The molecule has 1 saturated heterocycles. The predicted molar refractivity (Wildman–Crippen MR) is 178 cm³/mol. The van der Waals surface area contributed by atoms with E-state index in [1.165, 1.54) is 0 Å². The molecule has 5 rings (SSSR count). The van der Waals surface area contributed by atoms with Gasteiger partial charge in [0.2, 0.25) is 5.91 Å². The Hall–Kier alpha value is -1.20. The Morgan fingerprint density at radius 3 is 2.31 bits per heavy atom. The second-order valence-electron chi connectivity index (χ2n) is 16.6. The van der Waals surface area contributed by atoms with Gasteiger partial charge in [0.15, 0.2) is 6.29 Å². The number of amides is 1.